The normalized spacial score (nSPS) is 11.5. The molecular weight excluding hydrogens is 264 g/mol. The molecule has 0 atom stereocenters. The average molecular weight is 294 g/mol. The van der Waals surface area contributed by atoms with Gasteiger partial charge >= 0.3 is 0 Å². The minimum atomic E-state index is -0.0715. The lowest BCUT2D eigenvalue weighted by atomic mass is 9.96. The standard InChI is InChI=1S/C16H30N4O/c1-6-17-13-12-14(19-15(18-13)16(2,3)4)20(5)10-8-7-9-11-21/h12,21H,6-11H2,1-5H3,(H,17,18,19). The SMILES string of the molecule is CCNc1cc(N(C)CCCCCO)nc(C(C)(C)C)n1. The molecule has 1 rings (SSSR count). The van der Waals surface area contributed by atoms with E-state index in [0.717, 1.165) is 49.8 Å². The molecule has 0 aliphatic carbocycles. The molecule has 0 aromatic carbocycles. The third kappa shape index (κ3) is 5.87. The van der Waals surface area contributed by atoms with Gasteiger partial charge in [-0.05, 0) is 26.2 Å². The number of rotatable bonds is 8. The molecule has 1 aromatic rings. The van der Waals surface area contributed by atoms with Gasteiger partial charge in [-0.1, -0.05) is 20.8 Å². The molecule has 5 heteroatoms. The Morgan fingerprint density at radius 3 is 2.48 bits per heavy atom. The first kappa shape index (κ1) is 17.7. The molecule has 2 N–H and O–H groups in total. The second-order valence-electron chi connectivity index (χ2n) is 6.42. The molecule has 0 unspecified atom stereocenters. The Morgan fingerprint density at radius 1 is 1.19 bits per heavy atom. The van der Waals surface area contributed by atoms with E-state index in [1.807, 2.05) is 6.07 Å². The zero-order valence-electron chi connectivity index (χ0n) is 14.1. The Bertz CT molecular complexity index is 429. The van der Waals surface area contributed by atoms with Crippen molar-refractivity contribution >= 4 is 11.6 Å². The number of aliphatic hydroxyl groups is 1. The maximum absolute atomic E-state index is 8.83. The van der Waals surface area contributed by atoms with Gasteiger partial charge in [0, 0.05) is 38.2 Å². The fourth-order valence-electron chi connectivity index (χ4n) is 1.99. The zero-order valence-corrected chi connectivity index (χ0v) is 14.1. The van der Waals surface area contributed by atoms with Crippen LogP contribution in [0.1, 0.15) is 52.8 Å². The van der Waals surface area contributed by atoms with E-state index in [-0.39, 0.29) is 12.0 Å². The van der Waals surface area contributed by atoms with Gasteiger partial charge in [0.2, 0.25) is 0 Å². The summed E-state index contributed by atoms with van der Waals surface area (Å²) in [6, 6.07) is 2.00. The van der Waals surface area contributed by atoms with E-state index < -0.39 is 0 Å². The topological polar surface area (TPSA) is 61.3 Å². The molecular formula is C16H30N4O. The van der Waals surface area contributed by atoms with Gasteiger partial charge in [-0.15, -0.1) is 0 Å². The molecule has 0 aliphatic heterocycles. The molecule has 0 bridgehead atoms. The van der Waals surface area contributed by atoms with Crippen molar-refractivity contribution in [2.45, 2.75) is 52.4 Å². The Balaban J connectivity index is 2.86. The maximum Gasteiger partial charge on any atom is 0.138 e. The summed E-state index contributed by atoms with van der Waals surface area (Å²) in [6.45, 7) is 10.5. The number of hydrogen-bond donors (Lipinski definition) is 2. The Labute approximate surface area is 128 Å². The lowest BCUT2D eigenvalue weighted by Gasteiger charge is -2.23. The van der Waals surface area contributed by atoms with Gasteiger partial charge in [-0.2, -0.15) is 0 Å². The van der Waals surface area contributed by atoms with Gasteiger partial charge in [0.1, 0.15) is 17.5 Å². The van der Waals surface area contributed by atoms with Crippen molar-refractivity contribution in [2.24, 2.45) is 0 Å². The van der Waals surface area contributed by atoms with E-state index >= 15 is 0 Å². The van der Waals surface area contributed by atoms with Crippen molar-refractivity contribution < 1.29 is 5.11 Å². The summed E-state index contributed by atoms with van der Waals surface area (Å²) in [5.41, 5.74) is -0.0715. The minimum Gasteiger partial charge on any atom is -0.396 e. The highest BCUT2D eigenvalue weighted by molar-refractivity contribution is 5.49. The minimum absolute atomic E-state index is 0.0715. The summed E-state index contributed by atoms with van der Waals surface area (Å²) < 4.78 is 0. The van der Waals surface area contributed by atoms with E-state index in [1.165, 1.54) is 0 Å². The molecule has 5 nitrogen and oxygen atoms in total. The number of hydrogen-bond acceptors (Lipinski definition) is 5. The number of unbranched alkanes of at least 4 members (excludes halogenated alkanes) is 2. The quantitative estimate of drug-likeness (QED) is 0.722. The predicted molar refractivity (Wildman–Crippen MR) is 89.1 cm³/mol. The molecule has 1 heterocycles. The fourth-order valence-corrected chi connectivity index (χ4v) is 1.99. The lowest BCUT2D eigenvalue weighted by Crippen LogP contribution is -2.24. The van der Waals surface area contributed by atoms with Crippen LogP contribution in [-0.2, 0) is 5.41 Å². The van der Waals surface area contributed by atoms with E-state index in [2.05, 4.69) is 49.9 Å². The highest BCUT2D eigenvalue weighted by Crippen LogP contribution is 2.23. The van der Waals surface area contributed by atoms with Crippen LogP contribution in [0.15, 0.2) is 6.07 Å². The summed E-state index contributed by atoms with van der Waals surface area (Å²) in [6.07, 6.45) is 2.97. The van der Waals surface area contributed by atoms with Crippen molar-refractivity contribution in [3.63, 3.8) is 0 Å². The van der Waals surface area contributed by atoms with Gasteiger partial charge in [0.05, 0.1) is 0 Å². The van der Waals surface area contributed by atoms with Gasteiger partial charge in [0.25, 0.3) is 0 Å². The van der Waals surface area contributed by atoms with E-state index in [4.69, 9.17) is 10.1 Å². The van der Waals surface area contributed by atoms with Gasteiger partial charge in [-0.3, -0.25) is 0 Å². The predicted octanol–water partition coefficient (Wildman–Crippen LogP) is 2.80. The Kier molecular flexibility index (Phi) is 6.89. The lowest BCUT2D eigenvalue weighted by molar-refractivity contribution is 0.283. The van der Waals surface area contributed by atoms with Crippen LogP contribution in [0.4, 0.5) is 11.6 Å². The first-order valence-electron chi connectivity index (χ1n) is 7.84. The van der Waals surface area contributed by atoms with Crippen LogP contribution >= 0.6 is 0 Å². The summed E-state index contributed by atoms with van der Waals surface area (Å²) in [5, 5.41) is 12.1. The van der Waals surface area contributed by atoms with Crippen LogP contribution in [0.3, 0.4) is 0 Å². The largest absolute Gasteiger partial charge is 0.396 e. The van der Waals surface area contributed by atoms with Crippen LogP contribution < -0.4 is 10.2 Å². The van der Waals surface area contributed by atoms with Crippen molar-refractivity contribution in [1.82, 2.24) is 9.97 Å². The smallest absolute Gasteiger partial charge is 0.138 e. The first-order chi connectivity index (χ1) is 9.88. The van der Waals surface area contributed by atoms with Gasteiger partial charge < -0.3 is 15.3 Å². The highest BCUT2D eigenvalue weighted by Gasteiger charge is 2.20. The van der Waals surface area contributed by atoms with E-state index in [0.29, 0.717) is 0 Å². The molecule has 0 aliphatic rings. The average Bonchev–Trinajstić information content (AvgIpc) is 2.42. The Hall–Kier alpha value is -1.36. The van der Waals surface area contributed by atoms with E-state index in [1.54, 1.807) is 0 Å². The van der Waals surface area contributed by atoms with Crippen molar-refractivity contribution in [3.8, 4) is 0 Å². The van der Waals surface area contributed by atoms with Gasteiger partial charge in [0.15, 0.2) is 0 Å². The van der Waals surface area contributed by atoms with Crippen molar-refractivity contribution in [3.05, 3.63) is 11.9 Å². The van der Waals surface area contributed by atoms with Crippen LogP contribution in [0.5, 0.6) is 0 Å². The number of aliphatic hydroxyl groups excluding tert-OH is 1. The fraction of sp³-hybridized carbons (Fsp3) is 0.750. The molecule has 0 radical (unpaired) electrons. The summed E-state index contributed by atoms with van der Waals surface area (Å²) >= 11 is 0. The molecule has 21 heavy (non-hydrogen) atoms. The molecule has 0 spiro atoms. The molecule has 0 fully saturated rings. The van der Waals surface area contributed by atoms with Crippen LogP contribution in [0, 0.1) is 0 Å². The summed E-state index contributed by atoms with van der Waals surface area (Å²) in [7, 11) is 2.06. The summed E-state index contributed by atoms with van der Waals surface area (Å²) in [5.74, 6) is 2.70. The Morgan fingerprint density at radius 2 is 1.90 bits per heavy atom. The molecule has 0 saturated heterocycles. The third-order valence-electron chi connectivity index (χ3n) is 3.28. The van der Waals surface area contributed by atoms with E-state index in [9.17, 15) is 0 Å². The third-order valence-corrected chi connectivity index (χ3v) is 3.28. The molecule has 120 valence electrons. The van der Waals surface area contributed by atoms with Crippen LogP contribution in [0.2, 0.25) is 0 Å². The second kappa shape index (κ2) is 8.17. The number of anilines is 2. The molecule has 0 saturated carbocycles. The van der Waals surface area contributed by atoms with Crippen LogP contribution in [0.25, 0.3) is 0 Å². The monoisotopic (exact) mass is 294 g/mol. The number of aromatic nitrogens is 2. The van der Waals surface area contributed by atoms with Crippen molar-refractivity contribution in [2.75, 3.05) is 37.0 Å². The molecule has 1 aromatic heterocycles. The van der Waals surface area contributed by atoms with Crippen molar-refractivity contribution in [1.29, 1.82) is 0 Å². The first-order valence-corrected chi connectivity index (χ1v) is 7.84. The second-order valence-corrected chi connectivity index (χ2v) is 6.42. The molecule has 0 amide bonds. The maximum atomic E-state index is 8.83. The number of nitrogens with one attached hydrogen (secondary N) is 1. The van der Waals surface area contributed by atoms with Crippen LogP contribution in [-0.4, -0.2) is 41.8 Å². The summed E-state index contributed by atoms with van der Waals surface area (Å²) in [4.78, 5) is 11.5. The number of nitrogens with zero attached hydrogens (tertiary/aromatic N) is 3. The van der Waals surface area contributed by atoms with Gasteiger partial charge in [-0.25, -0.2) is 9.97 Å². The zero-order chi connectivity index (χ0) is 15.9. The highest BCUT2D eigenvalue weighted by atomic mass is 16.2.